The molecule has 2 fully saturated rings. The van der Waals surface area contributed by atoms with Gasteiger partial charge in [0.15, 0.2) is 5.78 Å². The number of hydrogen-bond acceptors (Lipinski definition) is 2. The smallest absolute Gasteiger partial charge is 0.162 e. The lowest BCUT2D eigenvalue weighted by Gasteiger charge is -2.40. The van der Waals surface area contributed by atoms with Gasteiger partial charge in [0.05, 0.1) is 0 Å². The average Bonchev–Trinajstić information content (AvgIpc) is 2.93. The summed E-state index contributed by atoms with van der Waals surface area (Å²) < 4.78 is 12.9. The number of fused-ring (bicyclic) bond motifs is 1. The van der Waals surface area contributed by atoms with Gasteiger partial charge in [0.2, 0.25) is 0 Å². The maximum atomic E-state index is 12.9. The fourth-order valence-electron chi connectivity index (χ4n) is 4.51. The molecule has 25 heavy (non-hydrogen) atoms. The Labute approximate surface area is 148 Å². The molecule has 1 saturated carbocycles. The standard InChI is InChI=1S/C22H24FNO/c23-19-10-8-17(9-11-19)22(25)7-4-12-24-14-18-13-20(21(18)15-24)16-5-2-1-3-6-16/h1-3,5-6,8-11,18,20-21H,4,7,12-15H2. The van der Waals surface area contributed by atoms with Crippen LogP contribution in [0.5, 0.6) is 0 Å². The minimum atomic E-state index is -0.294. The minimum absolute atomic E-state index is 0.115. The topological polar surface area (TPSA) is 20.3 Å². The second-order valence-corrected chi connectivity index (χ2v) is 7.47. The molecule has 0 N–H and O–H groups in total. The highest BCUT2D eigenvalue weighted by Crippen LogP contribution is 2.51. The van der Waals surface area contributed by atoms with Crippen molar-refractivity contribution in [3.8, 4) is 0 Å². The summed E-state index contributed by atoms with van der Waals surface area (Å²) >= 11 is 0. The molecular weight excluding hydrogens is 313 g/mol. The number of carbonyl (C=O) groups is 1. The van der Waals surface area contributed by atoms with Gasteiger partial charge in [-0.05, 0) is 67.0 Å². The Morgan fingerprint density at radius 2 is 1.80 bits per heavy atom. The van der Waals surface area contributed by atoms with Crippen LogP contribution in [0.4, 0.5) is 4.39 Å². The number of carbonyl (C=O) groups excluding carboxylic acids is 1. The van der Waals surface area contributed by atoms with Crippen molar-refractivity contribution < 1.29 is 9.18 Å². The first-order valence-corrected chi connectivity index (χ1v) is 9.27. The molecule has 1 aliphatic heterocycles. The molecule has 3 heteroatoms. The van der Waals surface area contributed by atoms with E-state index in [1.807, 2.05) is 0 Å². The molecule has 0 aromatic heterocycles. The third-order valence-electron chi connectivity index (χ3n) is 5.91. The maximum Gasteiger partial charge on any atom is 0.162 e. The largest absolute Gasteiger partial charge is 0.303 e. The lowest BCUT2D eigenvalue weighted by molar-refractivity contribution is 0.0976. The lowest BCUT2D eigenvalue weighted by atomic mass is 9.64. The highest BCUT2D eigenvalue weighted by molar-refractivity contribution is 5.95. The molecule has 1 saturated heterocycles. The number of likely N-dealkylation sites (tertiary alicyclic amines) is 1. The summed E-state index contributed by atoms with van der Waals surface area (Å²) in [6, 6.07) is 16.7. The van der Waals surface area contributed by atoms with Gasteiger partial charge in [0.1, 0.15) is 5.82 Å². The van der Waals surface area contributed by atoms with E-state index in [9.17, 15) is 9.18 Å². The van der Waals surface area contributed by atoms with Gasteiger partial charge in [0, 0.05) is 25.1 Å². The van der Waals surface area contributed by atoms with Crippen LogP contribution in [0.15, 0.2) is 54.6 Å². The molecule has 0 spiro atoms. The zero-order valence-corrected chi connectivity index (χ0v) is 14.4. The molecule has 0 radical (unpaired) electrons. The van der Waals surface area contributed by atoms with Crippen molar-refractivity contribution in [2.75, 3.05) is 19.6 Å². The summed E-state index contributed by atoms with van der Waals surface area (Å²) in [4.78, 5) is 14.7. The summed E-state index contributed by atoms with van der Waals surface area (Å²) in [5, 5.41) is 0. The summed E-state index contributed by atoms with van der Waals surface area (Å²) in [7, 11) is 0. The van der Waals surface area contributed by atoms with Crippen LogP contribution in [0.2, 0.25) is 0 Å². The predicted octanol–water partition coefficient (Wildman–Crippen LogP) is 4.52. The van der Waals surface area contributed by atoms with E-state index in [-0.39, 0.29) is 11.6 Å². The van der Waals surface area contributed by atoms with Gasteiger partial charge in [-0.15, -0.1) is 0 Å². The maximum absolute atomic E-state index is 12.9. The quantitative estimate of drug-likeness (QED) is 0.722. The molecule has 3 unspecified atom stereocenters. The second kappa shape index (κ2) is 7.09. The second-order valence-electron chi connectivity index (χ2n) is 7.47. The van der Waals surface area contributed by atoms with Crippen molar-refractivity contribution in [3.05, 3.63) is 71.5 Å². The van der Waals surface area contributed by atoms with Gasteiger partial charge in [-0.3, -0.25) is 4.79 Å². The molecule has 2 nitrogen and oxygen atoms in total. The fraction of sp³-hybridized carbons (Fsp3) is 0.409. The molecule has 1 aliphatic carbocycles. The Balaban J connectivity index is 1.24. The third-order valence-corrected chi connectivity index (χ3v) is 5.91. The van der Waals surface area contributed by atoms with Crippen LogP contribution in [-0.2, 0) is 0 Å². The van der Waals surface area contributed by atoms with Crippen molar-refractivity contribution in [2.24, 2.45) is 11.8 Å². The van der Waals surface area contributed by atoms with Gasteiger partial charge in [-0.2, -0.15) is 0 Å². The van der Waals surface area contributed by atoms with Gasteiger partial charge in [0.25, 0.3) is 0 Å². The number of rotatable bonds is 6. The van der Waals surface area contributed by atoms with Crippen molar-refractivity contribution in [2.45, 2.75) is 25.2 Å². The minimum Gasteiger partial charge on any atom is -0.303 e. The molecule has 4 rings (SSSR count). The highest BCUT2D eigenvalue weighted by Gasteiger charge is 2.46. The molecule has 1 heterocycles. The van der Waals surface area contributed by atoms with E-state index >= 15 is 0 Å². The molecule has 2 aliphatic rings. The van der Waals surface area contributed by atoms with Crippen molar-refractivity contribution in [3.63, 3.8) is 0 Å². The number of hydrogen-bond donors (Lipinski definition) is 0. The first-order valence-electron chi connectivity index (χ1n) is 9.27. The Morgan fingerprint density at radius 1 is 1.04 bits per heavy atom. The fourth-order valence-corrected chi connectivity index (χ4v) is 4.51. The van der Waals surface area contributed by atoms with Crippen LogP contribution in [0.25, 0.3) is 0 Å². The van der Waals surface area contributed by atoms with Gasteiger partial charge >= 0.3 is 0 Å². The molecule has 2 aromatic rings. The van der Waals surface area contributed by atoms with E-state index in [1.165, 1.54) is 30.7 Å². The summed E-state index contributed by atoms with van der Waals surface area (Å²) in [5.41, 5.74) is 2.10. The Morgan fingerprint density at radius 3 is 2.56 bits per heavy atom. The van der Waals surface area contributed by atoms with E-state index in [0.29, 0.717) is 12.0 Å². The number of nitrogens with zero attached hydrogens (tertiary/aromatic N) is 1. The Bertz CT molecular complexity index is 727. The number of halogens is 1. The van der Waals surface area contributed by atoms with Gasteiger partial charge < -0.3 is 4.90 Å². The Kier molecular flexibility index (Phi) is 4.67. The van der Waals surface area contributed by atoms with Crippen LogP contribution >= 0.6 is 0 Å². The van der Waals surface area contributed by atoms with Crippen LogP contribution in [0.1, 0.15) is 41.1 Å². The number of Topliss-reactive ketones (excluding diaryl/α,β-unsaturated/α-hetero) is 1. The highest BCUT2D eigenvalue weighted by atomic mass is 19.1. The summed E-state index contributed by atoms with van der Waals surface area (Å²) in [6.45, 7) is 3.33. The monoisotopic (exact) mass is 337 g/mol. The average molecular weight is 337 g/mol. The molecule has 130 valence electrons. The van der Waals surface area contributed by atoms with Crippen LogP contribution in [0.3, 0.4) is 0 Å². The van der Waals surface area contributed by atoms with E-state index in [0.717, 1.165) is 37.3 Å². The van der Waals surface area contributed by atoms with Crippen molar-refractivity contribution >= 4 is 5.78 Å². The van der Waals surface area contributed by atoms with Crippen LogP contribution in [-0.4, -0.2) is 30.3 Å². The SMILES string of the molecule is O=C(CCCN1CC2CC(c3ccccc3)C2C1)c1ccc(F)cc1. The zero-order valence-electron chi connectivity index (χ0n) is 14.4. The van der Waals surface area contributed by atoms with E-state index in [2.05, 4.69) is 35.2 Å². The molecule has 0 amide bonds. The van der Waals surface area contributed by atoms with E-state index in [1.54, 1.807) is 12.1 Å². The molecule has 3 atom stereocenters. The molecular formula is C22H24FNO. The van der Waals surface area contributed by atoms with Crippen LogP contribution < -0.4 is 0 Å². The van der Waals surface area contributed by atoms with Crippen molar-refractivity contribution in [1.29, 1.82) is 0 Å². The van der Waals surface area contributed by atoms with E-state index < -0.39 is 0 Å². The number of benzene rings is 2. The summed E-state index contributed by atoms with van der Waals surface area (Å²) in [6.07, 6.45) is 2.73. The third kappa shape index (κ3) is 3.52. The Hall–Kier alpha value is -2.00. The lowest BCUT2D eigenvalue weighted by Crippen LogP contribution is -2.33. The number of ketones is 1. The van der Waals surface area contributed by atoms with E-state index in [4.69, 9.17) is 0 Å². The molecule has 0 bridgehead atoms. The van der Waals surface area contributed by atoms with Gasteiger partial charge in [-0.1, -0.05) is 30.3 Å². The predicted molar refractivity (Wildman–Crippen MR) is 97.2 cm³/mol. The van der Waals surface area contributed by atoms with Crippen molar-refractivity contribution in [1.82, 2.24) is 4.90 Å². The van der Waals surface area contributed by atoms with Crippen LogP contribution in [0, 0.1) is 17.7 Å². The summed E-state index contributed by atoms with van der Waals surface area (Å²) in [5.74, 6) is 2.16. The normalized spacial score (nSPS) is 25.4. The first kappa shape index (κ1) is 16.5. The molecule has 2 aromatic carbocycles. The first-order chi connectivity index (χ1) is 12.2. The van der Waals surface area contributed by atoms with Gasteiger partial charge in [-0.25, -0.2) is 4.39 Å². The zero-order chi connectivity index (χ0) is 17.2.